The summed E-state index contributed by atoms with van der Waals surface area (Å²) in [5.74, 6) is 1.74. The lowest BCUT2D eigenvalue weighted by molar-refractivity contribution is 0.691. The van der Waals surface area contributed by atoms with Crippen LogP contribution >= 0.6 is 0 Å². The summed E-state index contributed by atoms with van der Waals surface area (Å²) in [6.45, 7) is 2.38. The molecule has 92 valence electrons. The Kier molecular flexibility index (Phi) is 3.22. The lowest BCUT2D eigenvalue weighted by atomic mass is 9.86. The van der Waals surface area contributed by atoms with E-state index in [1.165, 1.54) is 51.4 Å². The minimum absolute atomic E-state index is 0.872. The highest BCUT2D eigenvalue weighted by Crippen LogP contribution is 2.41. The van der Waals surface area contributed by atoms with Gasteiger partial charge in [-0.3, -0.25) is 0 Å². The van der Waals surface area contributed by atoms with Crippen LogP contribution in [0.4, 0.5) is 0 Å². The third kappa shape index (κ3) is 2.14. The number of rotatable bonds is 2. The molecule has 2 fully saturated rings. The Hall–Kier alpha value is -0.780. The van der Waals surface area contributed by atoms with Gasteiger partial charge < -0.3 is 0 Å². The molecule has 0 nitrogen and oxygen atoms in total. The molecule has 0 bridgehead atoms. The molecular formula is C17H24. The van der Waals surface area contributed by atoms with E-state index in [4.69, 9.17) is 0 Å². The zero-order valence-electron chi connectivity index (χ0n) is 11.0. The van der Waals surface area contributed by atoms with E-state index in [2.05, 4.69) is 25.1 Å². The monoisotopic (exact) mass is 228 g/mol. The van der Waals surface area contributed by atoms with Crippen LogP contribution in [-0.4, -0.2) is 0 Å². The van der Waals surface area contributed by atoms with E-state index in [0.717, 1.165) is 11.8 Å². The summed E-state index contributed by atoms with van der Waals surface area (Å²) in [5, 5.41) is 0. The normalized spacial score (nSPS) is 22.4. The Balaban J connectivity index is 1.91. The van der Waals surface area contributed by atoms with Gasteiger partial charge in [0.15, 0.2) is 0 Å². The molecule has 0 heterocycles. The molecule has 2 aliphatic rings. The second kappa shape index (κ2) is 4.84. The third-order valence-electron chi connectivity index (χ3n) is 5.01. The molecule has 0 spiro atoms. The standard InChI is InChI=1S/C17H24/c1-13-16(14-7-2-3-8-14)11-6-12-17(13)15-9-4-5-10-15/h6,11-12,14-15H,2-5,7-10H2,1H3. The highest BCUT2D eigenvalue weighted by molar-refractivity contribution is 5.39. The van der Waals surface area contributed by atoms with Crippen molar-refractivity contribution < 1.29 is 0 Å². The molecule has 0 atom stereocenters. The van der Waals surface area contributed by atoms with E-state index < -0.39 is 0 Å². The van der Waals surface area contributed by atoms with Crippen LogP contribution in [0.15, 0.2) is 18.2 Å². The number of benzene rings is 1. The summed E-state index contributed by atoms with van der Waals surface area (Å²) in [7, 11) is 0. The zero-order valence-corrected chi connectivity index (χ0v) is 11.0. The van der Waals surface area contributed by atoms with Gasteiger partial charge in [0.2, 0.25) is 0 Å². The molecule has 0 radical (unpaired) electrons. The molecule has 1 aromatic rings. The van der Waals surface area contributed by atoms with E-state index in [1.54, 1.807) is 16.7 Å². The first-order valence-electron chi connectivity index (χ1n) is 7.45. The maximum Gasteiger partial charge on any atom is -0.0159 e. The molecule has 2 aliphatic carbocycles. The first kappa shape index (κ1) is 11.3. The summed E-state index contributed by atoms with van der Waals surface area (Å²) in [6, 6.07) is 7.10. The molecule has 0 N–H and O–H groups in total. The Morgan fingerprint density at radius 1 is 0.765 bits per heavy atom. The molecular weight excluding hydrogens is 204 g/mol. The van der Waals surface area contributed by atoms with Crippen LogP contribution in [0.1, 0.15) is 79.9 Å². The van der Waals surface area contributed by atoms with Gasteiger partial charge in [0.1, 0.15) is 0 Å². The topological polar surface area (TPSA) is 0 Å². The van der Waals surface area contributed by atoms with E-state index >= 15 is 0 Å². The Bertz CT molecular complexity index is 345. The summed E-state index contributed by atoms with van der Waals surface area (Å²) in [5.41, 5.74) is 4.98. The molecule has 2 saturated carbocycles. The van der Waals surface area contributed by atoms with Crippen molar-refractivity contribution in [1.29, 1.82) is 0 Å². The van der Waals surface area contributed by atoms with Gasteiger partial charge in [-0.1, -0.05) is 43.9 Å². The van der Waals surface area contributed by atoms with Gasteiger partial charge >= 0.3 is 0 Å². The maximum absolute atomic E-state index is 2.39. The van der Waals surface area contributed by atoms with E-state index in [1.807, 2.05) is 0 Å². The summed E-state index contributed by atoms with van der Waals surface area (Å²) >= 11 is 0. The minimum atomic E-state index is 0.872. The maximum atomic E-state index is 2.39. The summed E-state index contributed by atoms with van der Waals surface area (Å²) in [4.78, 5) is 0. The summed E-state index contributed by atoms with van der Waals surface area (Å²) in [6.07, 6.45) is 11.5. The molecule has 0 amide bonds. The lowest BCUT2D eigenvalue weighted by Gasteiger charge is -2.19. The predicted molar refractivity (Wildman–Crippen MR) is 73.6 cm³/mol. The number of hydrogen-bond acceptors (Lipinski definition) is 0. The lowest BCUT2D eigenvalue weighted by Crippen LogP contribution is -2.02. The van der Waals surface area contributed by atoms with Gasteiger partial charge in [-0.15, -0.1) is 0 Å². The van der Waals surface area contributed by atoms with Crippen LogP contribution in [0.3, 0.4) is 0 Å². The van der Waals surface area contributed by atoms with Crippen molar-refractivity contribution in [2.24, 2.45) is 0 Å². The molecule has 0 saturated heterocycles. The first-order chi connectivity index (χ1) is 8.36. The average molecular weight is 228 g/mol. The molecule has 1 aromatic carbocycles. The Morgan fingerprint density at radius 2 is 1.18 bits per heavy atom. The van der Waals surface area contributed by atoms with Crippen molar-refractivity contribution in [2.75, 3.05) is 0 Å². The minimum Gasteiger partial charge on any atom is -0.0617 e. The third-order valence-corrected chi connectivity index (χ3v) is 5.01. The largest absolute Gasteiger partial charge is 0.0617 e. The van der Waals surface area contributed by atoms with Crippen LogP contribution in [0.5, 0.6) is 0 Å². The van der Waals surface area contributed by atoms with Crippen molar-refractivity contribution in [3.63, 3.8) is 0 Å². The van der Waals surface area contributed by atoms with Crippen molar-refractivity contribution in [3.8, 4) is 0 Å². The molecule has 0 aliphatic heterocycles. The average Bonchev–Trinajstić information content (AvgIpc) is 3.02. The Morgan fingerprint density at radius 3 is 1.59 bits per heavy atom. The predicted octanol–water partition coefficient (Wildman–Crippen LogP) is 5.31. The van der Waals surface area contributed by atoms with Gasteiger partial charge in [-0.2, -0.15) is 0 Å². The highest BCUT2D eigenvalue weighted by atomic mass is 14.3. The van der Waals surface area contributed by atoms with Crippen LogP contribution < -0.4 is 0 Å². The Labute approximate surface area is 105 Å². The van der Waals surface area contributed by atoms with Crippen LogP contribution in [-0.2, 0) is 0 Å². The fourth-order valence-corrected chi connectivity index (χ4v) is 4.03. The smallest absolute Gasteiger partial charge is 0.0159 e. The van der Waals surface area contributed by atoms with Crippen molar-refractivity contribution in [2.45, 2.75) is 70.1 Å². The van der Waals surface area contributed by atoms with Crippen LogP contribution in [0.25, 0.3) is 0 Å². The second-order valence-electron chi connectivity index (χ2n) is 6.02. The molecule has 0 heteroatoms. The fraction of sp³-hybridized carbons (Fsp3) is 0.647. The second-order valence-corrected chi connectivity index (χ2v) is 6.02. The van der Waals surface area contributed by atoms with Gasteiger partial charge in [0.25, 0.3) is 0 Å². The molecule has 0 unspecified atom stereocenters. The highest BCUT2D eigenvalue weighted by Gasteiger charge is 2.23. The van der Waals surface area contributed by atoms with Gasteiger partial charge in [-0.25, -0.2) is 0 Å². The van der Waals surface area contributed by atoms with Crippen molar-refractivity contribution in [3.05, 3.63) is 34.9 Å². The zero-order chi connectivity index (χ0) is 11.7. The quantitative estimate of drug-likeness (QED) is 0.643. The molecule has 0 aromatic heterocycles. The van der Waals surface area contributed by atoms with Gasteiger partial charge in [0, 0.05) is 0 Å². The van der Waals surface area contributed by atoms with E-state index in [-0.39, 0.29) is 0 Å². The van der Waals surface area contributed by atoms with Crippen LogP contribution in [0, 0.1) is 6.92 Å². The summed E-state index contributed by atoms with van der Waals surface area (Å²) < 4.78 is 0. The first-order valence-corrected chi connectivity index (χ1v) is 7.45. The van der Waals surface area contributed by atoms with Gasteiger partial charge in [0.05, 0.1) is 0 Å². The van der Waals surface area contributed by atoms with Crippen LogP contribution in [0.2, 0.25) is 0 Å². The van der Waals surface area contributed by atoms with E-state index in [0.29, 0.717) is 0 Å². The van der Waals surface area contributed by atoms with Crippen molar-refractivity contribution >= 4 is 0 Å². The SMILES string of the molecule is Cc1c(C2CCCC2)cccc1C1CCCC1. The fourth-order valence-electron chi connectivity index (χ4n) is 4.03. The molecule has 3 rings (SSSR count). The van der Waals surface area contributed by atoms with Gasteiger partial charge in [-0.05, 0) is 61.1 Å². The number of hydrogen-bond donors (Lipinski definition) is 0. The van der Waals surface area contributed by atoms with Crippen molar-refractivity contribution in [1.82, 2.24) is 0 Å². The van der Waals surface area contributed by atoms with E-state index in [9.17, 15) is 0 Å². The molecule has 17 heavy (non-hydrogen) atoms.